The van der Waals surface area contributed by atoms with Gasteiger partial charge in [0, 0.05) is 41.8 Å². The van der Waals surface area contributed by atoms with E-state index in [1.165, 1.54) is 16.8 Å². The predicted octanol–water partition coefficient (Wildman–Crippen LogP) is 2.66. The normalized spacial score (nSPS) is 27.4. The fourth-order valence-corrected chi connectivity index (χ4v) is 4.50. The molecule has 1 aromatic carbocycles. The first-order valence-corrected chi connectivity index (χ1v) is 7.51. The van der Waals surface area contributed by atoms with E-state index in [1.807, 2.05) is 0 Å². The van der Waals surface area contributed by atoms with Gasteiger partial charge in [0.1, 0.15) is 0 Å². The summed E-state index contributed by atoms with van der Waals surface area (Å²) in [7, 11) is 0. The first kappa shape index (κ1) is 11.6. The summed E-state index contributed by atoms with van der Waals surface area (Å²) in [4.78, 5) is 15.3. The lowest BCUT2D eigenvalue weighted by atomic mass is 9.88. The van der Waals surface area contributed by atoms with Gasteiger partial charge >= 0.3 is 6.09 Å². The lowest BCUT2D eigenvalue weighted by molar-refractivity contribution is 0.127. The second-order valence-electron chi connectivity index (χ2n) is 5.64. The molecule has 0 spiro atoms. The minimum Gasteiger partial charge on any atom is -0.465 e. The van der Waals surface area contributed by atoms with Crippen LogP contribution in [-0.2, 0) is 6.42 Å². The first-order valence-electron chi connectivity index (χ1n) is 6.72. The molecule has 100 valence electrons. The number of carbonyl (C=O) groups is 1. The van der Waals surface area contributed by atoms with Gasteiger partial charge in [-0.05, 0) is 36.1 Å². The summed E-state index contributed by atoms with van der Waals surface area (Å²) in [6.07, 6.45) is 1.28. The van der Waals surface area contributed by atoms with Gasteiger partial charge in [-0.2, -0.15) is 0 Å². The van der Waals surface area contributed by atoms with Gasteiger partial charge in [0.15, 0.2) is 0 Å². The number of amides is 1. The van der Waals surface area contributed by atoms with Crippen LogP contribution in [0.25, 0.3) is 0 Å². The van der Waals surface area contributed by atoms with Crippen LogP contribution < -0.4 is 4.90 Å². The third kappa shape index (κ3) is 1.54. The third-order valence-corrected chi connectivity index (χ3v) is 5.20. The summed E-state index contributed by atoms with van der Waals surface area (Å²) in [5.74, 6) is 0.344. The van der Waals surface area contributed by atoms with Crippen LogP contribution in [0.5, 0.6) is 0 Å². The second kappa shape index (κ2) is 3.88. The lowest BCUT2D eigenvalue weighted by Crippen LogP contribution is -2.47. The molecule has 0 aliphatic carbocycles. The Morgan fingerprint density at radius 3 is 3.00 bits per heavy atom. The molecule has 4 nitrogen and oxygen atoms in total. The average molecular weight is 323 g/mol. The van der Waals surface area contributed by atoms with Crippen LogP contribution in [0.1, 0.15) is 23.5 Å². The Hall–Kier alpha value is -1.23. The van der Waals surface area contributed by atoms with E-state index in [9.17, 15) is 9.90 Å². The second-order valence-corrected chi connectivity index (χ2v) is 6.55. The number of nitrogens with zero attached hydrogens (tertiary/aromatic N) is 2. The molecule has 1 amide bonds. The minimum atomic E-state index is -0.786. The van der Waals surface area contributed by atoms with E-state index < -0.39 is 6.09 Å². The van der Waals surface area contributed by atoms with Crippen LogP contribution in [0.15, 0.2) is 16.6 Å². The van der Waals surface area contributed by atoms with Gasteiger partial charge in [0.25, 0.3) is 0 Å². The van der Waals surface area contributed by atoms with Crippen LogP contribution >= 0.6 is 15.9 Å². The van der Waals surface area contributed by atoms with Gasteiger partial charge in [0.05, 0.1) is 0 Å². The zero-order valence-electron chi connectivity index (χ0n) is 10.5. The number of hydrogen-bond acceptors (Lipinski definition) is 2. The molecule has 3 heterocycles. The zero-order valence-corrected chi connectivity index (χ0v) is 12.1. The predicted molar refractivity (Wildman–Crippen MR) is 75.9 cm³/mol. The Morgan fingerprint density at radius 1 is 1.37 bits per heavy atom. The number of rotatable bonds is 0. The van der Waals surface area contributed by atoms with Crippen LogP contribution in [-0.4, -0.2) is 41.8 Å². The SMILES string of the molecule is O=C(O)N1CC[C@H]2C(C1)c1cc(Br)cc3c1N2CC3. The number of piperidine rings is 1. The molecule has 4 rings (SSSR count). The van der Waals surface area contributed by atoms with Crippen molar-refractivity contribution in [3.63, 3.8) is 0 Å². The maximum atomic E-state index is 11.2. The molecule has 19 heavy (non-hydrogen) atoms. The summed E-state index contributed by atoms with van der Waals surface area (Å²) >= 11 is 3.59. The average Bonchev–Trinajstić information content (AvgIpc) is 2.92. The van der Waals surface area contributed by atoms with Crippen molar-refractivity contribution < 1.29 is 9.90 Å². The molecule has 0 radical (unpaired) electrons. The summed E-state index contributed by atoms with van der Waals surface area (Å²) in [6.45, 7) is 2.39. The van der Waals surface area contributed by atoms with E-state index in [-0.39, 0.29) is 0 Å². The molecule has 2 atom stereocenters. The van der Waals surface area contributed by atoms with E-state index in [2.05, 4.69) is 33.0 Å². The van der Waals surface area contributed by atoms with E-state index in [4.69, 9.17) is 0 Å². The van der Waals surface area contributed by atoms with Crippen molar-refractivity contribution in [3.8, 4) is 0 Å². The number of carboxylic acid groups (broad SMARTS) is 1. The zero-order chi connectivity index (χ0) is 13.1. The number of fused-ring (bicyclic) bond motifs is 3. The molecule has 5 heteroatoms. The summed E-state index contributed by atoms with van der Waals surface area (Å²) in [5.41, 5.74) is 4.16. The summed E-state index contributed by atoms with van der Waals surface area (Å²) < 4.78 is 1.12. The highest BCUT2D eigenvalue weighted by atomic mass is 79.9. The van der Waals surface area contributed by atoms with Crippen LogP contribution in [0.3, 0.4) is 0 Å². The lowest BCUT2D eigenvalue weighted by Gasteiger charge is -2.37. The molecule has 3 aliphatic heterocycles. The number of benzene rings is 1. The van der Waals surface area contributed by atoms with Crippen molar-refractivity contribution in [1.82, 2.24) is 4.90 Å². The Balaban J connectivity index is 1.78. The highest BCUT2D eigenvalue weighted by Gasteiger charge is 2.45. The molecule has 1 fully saturated rings. The molecular formula is C14H15BrN2O2. The molecular weight excluding hydrogens is 308 g/mol. The van der Waals surface area contributed by atoms with Crippen molar-refractivity contribution >= 4 is 27.7 Å². The Labute approximate surface area is 120 Å². The summed E-state index contributed by atoms with van der Waals surface area (Å²) in [5, 5.41) is 9.20. The largest absolute Gasteiger partial charge is 0.465 e. The van der Waals surface area contributed by atoms with Gasteiger partial charge in [-0.25, -0.2) is 4.79 Å². The molecule has 0 bridgehead atoms. The smallest absolute Gasteiger partial charge is 0.407 e. The number of halogens is 1. The van der Waals surface area contributed by atoms with Crippen LogP contribution in [0.4, 0.5) is 10.5 Å². The van der Waals surface area contributed by atoms with Crippen LogP contribution in [0, 0.1) is 0 Å². The fourth-order valence-electron chi connectivity index (χ4n) is 3.98. The quantitative estimate of drug-likeness (QED) is 0.798. The Morgan fingerprint density at radius 2 is 2.21 bits per heavy atom. The monoisotopic (exact) mass is 322 g/mol. The van der Waals surface area contributed by atoms with E-state index in [0.29, 0.717) is 25.0 Å². The molecule has 1 N–H and O–H groups in total. The van der Waals surface area contributed by atoms with Crippen molar-refractivity contribution in [2.45, 2.75) is 24.8 Å². The standard InChI is InChI=1S/C14H15BrN2O2/c15-9-5-8-1-4-17-12-2-3-16(14(18)19)7-11(12)10(6-9)13(8)17/h5-6,11-12H,1-4,7H2,(H,18,19)/t11?,12-/m0/s1. The van der Waals surface area contributed by atoms with Gasteiger partial charge < -0.3 is 14.9 Å². The minimum absolute atomic E-state index is 0.344. The van der Waals surface area contributed by atoms with Crippen LogP contribution in [0.2, 0.25) is 0 Å². The van der Waals surface area contributed by atoms with E-state index >= 15 is 0 Å². The van der Waals surface area contributed by atoms with Gasteiger partial charge in [-0.15, -0.1) is 0 Å². The van der Waals surface area contributed by atoms with E-state index in [1.54, 1.807) is 4.90 Å². The Bertz CT molecular complexity index is 575. The number of hydrogen-bond donors (Lipinski definition) is 1. The summed E-state index contributed by atoms with van der Waals surface area (Å²) in [6, 6.07) is 4.90. The maximum Gasteiger partial charge on any atom is 0.407 e. The van der Waals surface area contributed by atoms with Crippen molar-refractivity contribution in [3.05, 3.63) is 27.7 Å². The molecule has 1 unspecified atom stereocenters. The maximum absolute atomic E-state index is 11.2. The van der Waals surface area contributed by atoms with Gasteiger partial charge in [-0.1, -0.05) is 15.9 Å². The molecule has 3 aliphatic rings. The number of likely N-dealkylation sites (tertiary alicyclic amines) is 1. The van der Waals surface area contributed by atoms with Gasteiger partial charge in [0.2, 0.25) is 0 Å². The van der Waals surface area contributed by atoms with Crippen molar-refractivity contribution in [2.24, 2.45) is 0 Å². The van der Waals surface area contributed by atoms with E-state index in [0.717, 1.165) is 23.9 Å². The molecule has 0 saturated carbocycles. The fraction of sp³-hybridized carbons (Fsp3) is 0.500. The molecule has 1 aromatic rings. The highest BCUT2D eigenvalue weighted by Crippen LogP contribution is 2.50. The molecule has 0 aromatic heterocycles. The Kier molecular flexibility index (Phi) is 2.37. The third-order valence-electron chi connectivity index (χ3n) is 4.74. The highest BCUT2D eigenvalue weighted by molar-refractivity contribution is 9.10. The molecule has 1 saturated heterocycles. The van der Waals surface area contributed by atoms with Gasteiger partial charge in [-0.3, -0.25) is 0 Å². The number of anilines is 1. The first-order chi connectivity index (χ1) is 9.15. The van der Waals surface area contributed by atoms with Crippen molar-refractivity contribution in [1.29, 1.82) is 0 Å². The topological polar surface area (TPSA) is 43.8 Å². The van der Waals surface area contributed by atoms with Crippen molar-refractivity contribution in [2.75, 3.05) is 24.5 Å².